The largest absolute Gasteiger partial charge is 0.411 e. The van der Waals surface area contributed by atoms with Crippen molar-refractivity contribution in [3.63, 3.8) is 0 Å². The zero-order valence-corrected chi connectivity index (χ0v) is 16.2. The van der Waals surface area contributed by atoms with Gasteiger partial charge in [-0.1, -0.05) is 23.0 Å². The molecule has 0 amide bonds. The number of fused-ring (bicyclic) bond motifs is 1. The molecule has 25 heavy (non-hydrogen) atoms. The molecule has 1 N–H and O–H groups in total. The van der Waals surface area contributed by atoms with Crippen LogP contribution in [0.3, 0.4) is 0 Å². The molecule has 1 aliphatic carbocycles. The van der Waals surface area contributed by atoms with E-state index < -0.39 is 5.79 Å². The Kier molecular flexibility index (Phi) is 4.19. The van der Waals surface area contributed by atoms with Crippen LogP contribution in [0.25, 0.3) is 0 Å². The molecule has 4 rings (SSSR count). The third kappa shape index (κ3) is 3.24. The molecule has 1 fully saturated rings. The van der Waals surface area contributed by atoms with Gasteiger partial charge < -0.3 is 14.7 Å². The van der Waals surface area contributed by atoms with E-state index in [0.717, 1.165) is 24.1 Å². The van der Waals surface area contributed by atoms with E-state index in [2.05, 4.69) is 41.7 Å². The van der Waals surface area contributed by atoms with Crippen molar-refractivity contribution in [2.45, 2.75) is 54.1 Å². The Morgan fingerprint density at radius 2 is 2.04 bits per heavy atom. The first-order valence-corrected chi connectivity index (χ1v) is 10.0. The summed E-state index contributed by atoms with van der Waals surface area (Å²) in [5.74, 6) is -0.532. The lowest BCUT2D eigenvalue weighted by Gasteiger charge is -2.24. The van der Waals surface area contributed by atoms with Gasteiger partial charge in [-0.05, 0) is 68.3 Å². The molecule has 2 heterocycles. The maximum atomic E-state index is 9.05. The molecule has 0 spiro atoms. The van der Waals surface area contributed by atoms with E-state index in [-0.39, 0.29) is 5.60 Å². The fourth-order valence-electron chi connectivity index (χ4n) is 3.43. The van der Waals surface area contributed by atoms with Crippen molar-refractivity contribution in [1.29, 1.82) is 0 Å². The van der Waals surface area contributed by atoms with Crippen molar-refractivity contribution >= 4 is 28.8 Å². The molecule has 0 saturated carbocycles. The predicted molar refractivity (Wildman–Crippen MR) is 100.0 cm³/mol. The molecule has 0 bridgehead atoms. The maximum Gasteiger partial charge on any atom is 0.164 e. The van der Waals surface area contributed by atoms with Crippen molar-refractivity contribution in [3.05, 3.63) is 46.3 Å². The summed E-state index contributed by atoms with van der Waals surface area (Å²) < 4.78 is 13.1. The molecule has 1 atom stereocenters. The molecule has 4 nitrogen and oxygen atoms in total. The second-order valence-electron chi connectivity index (χ2n) is 7.14. The minimum atomic E-state index is -0.532. The average Bonchev–Trinajstić information content (AvgIpc) is 3.25. The topological polar surface area (TPSA) is 51.0 Å². The summed E-state index contributed by atoms with van der Waals surface area (Å²) in [6.07, 6.45) is 1.76. The molecule has 1 saturated heterocycles. The number of nitrogens with zero attached hydrogens (tertiary/aromatic N) is 1. The maximum absolute atomic E-state index is 9.05. The highest BCUT2D eigenvalue weighted by atomic mass is 32.2. The van der Waals surface area contributed by atoms with Crippen molar-refractivity contribution < 1.29 is 14.7 Å². The van der Waals surface area contributed by atoms with Crippen LogP contribution >= 0.6 is 23.1 Å². The molecule has 132 valence electrons. The van der Waals surface area contributed by atoms with Crippen LogP contribution in [-0.2, 0) is 21.5 Å². The monoisotopic (exact) mass is 375 g/mol. The Hall–Kier alpha value is -1.34. The van der Waals surface area contributed by atoms with Crippen LogP contribution in [0.4, 0.5) is 0 Å². The molecule has 2 aromatic rings. The third-order valence-corrected chi connectivity index (χ3v) is 6.78. The summed E-state index contributed by atoms with van der Waals surface area (Å²) in [5, 5.41) is 14.6. The minimum absolute atomic E-state index is 0.386. The highest BCUT2D eigenvalue weighted by molar-refractivity contribution is 8.01. The second-order valence-corrected chi connectivity index (χ2v) is 9.43. The van der Waals surface area contributed by atoms with E-state index >= 15 is 0 Å². The number of thiophene rings is 1. The van der Waals surface area contributed by atoms with Crippen LogP contribution in [0, 0.1) is 0 Å². The Morgan fingerprint density at radius 1 is 1.20 bits per heavy atom. The second kappa shape index (κ2) is 6.13. The Morgan fingerprint density at radius 3 is 2.76 bits per heavy atom. The lowest BCUT2D eigenvalue weighted by molar-refractivity contribution is -0.159. The van der Waals surface area contributed by atoms with E-state index in [0.29, 0.717) is 6.61 Å². The quantitative estimate of drug-likeness (QED) is 0.604. The number of oxime groups is 1. The van der Waals surface area contributed by atoms with Gasteiger partial charge in [-0.15, -0.1) is 11.3 Å². The Labute approximate surface area is 155 Å². The number of rotatable bonds is 3. The SMILES string of the molecule is CC1(C)OCC(C)(c2csc(Sc3ccc4c(c3)CC/C4=N\O)c2)O1. The average molecular weight is 376 g/mol. The molecule has 1 aliphatic heterocycles. The van der Waals surface area contributed by atoms with Crippen LogP contribution < -0.4 is 0 Å². The van der Waals surface area contributed by atoms with Gasteiger partial charge in [-0.2, -0.15) is 0 Å². The summed E-state index contributed by atoms with van der Waals surface area (Å²) >= 11 is 3.49. The fourth-order valence-corrected chi connectivity index (χ4v) is 5.57. The van der Waals surface area contributed by atoms with Gasteiger partial charge in [-0.3, -0.25) is 0 Å². The summed E-state index contributed by atoms with van der Waals surface area (Å²) in [4.78, 5) is 1.21. The van der Waals surface area contributed by atoms with Crippen LogP contribution in [0.5, 0.6) is 0 Å². The summed E-state index contributed by atoms with van der Waals surface area (Å²) in [6, 6.07) is 8.57. The summed E-state index contributed by atoms with van der Waals surface area (Å²) in [7, 11) is 0. The van der Waals surface area contributed by atoms with Gasteiger partial charge in [0.1, 0.15) is 5.60 Å². The van der Waals surface area contributed by atoms with Crippen molar-refractivity contribution in [2.24, 2.45) is 5.16 Å². The zero-order chi connectivity index (χ0) is 17.7. The molecule has 6 heteroatoms. The third-order valence-electron chi connectivity index (χ3n) is 4.71. The van der Waals surface area contributed by atoms with Crippen molar-refractivity contribution in [1.82, 2.24) is 0 Å². The summed E-state index contributed by atoms with van der Waals surface area (Å²) in [6.45, 7) is 6.57. The number of ether oxygens (including phenoxy) is 2. The number of hydrogen-bond donors (Lipinski definition) is 1. The molecule has 1 unspecified atom stereocenters. The van der Waals surface area contributed by atoms with Crippen molar-refractivity contribution in [3.8, 4) is 0 Å². The Bertz CT molecular complexity index is 843. The van der Waals surface area contributed by atoms with Gasteiger partial charge in [0.05, 0.1) is 16.5 Å². The number of aryl methyl sites for hydroxylation is 1. The molecular formula is C19H21NO3S2. The fraction of sp³-hybridized carbons (Fsp3) is 0.421. The number of benzene rings is 1. The highest BCUT2D eigenvalue weighted by Crippen LogP contribution is 2.43. The molecule has 1 aromatic heterocycles. The van der Waals surface area contributed by atoms with Gasteiger partial charge in [0.2, 0.25) is 0 Å². The molecule has 0 radical (unpaired) electrons. The first kappa shape index (κ1) is 17.1. The molecule has 2 aliphatic rings. The van der Waals surface area contributed by atoms with Gasteiger partial charge in [0, 0.05) is 10.5 Å². The van der Waals surface area contributed by atoms with E-state index in [1.165, 1.54) is 20.2 Å². The normalized spacial score (nSPS) is 26.3. The standard InChI is InChI=1S/C19H21NO3S2/c1-18(2)22-11-19(3,23-18)13-9-17(24-10-13)25-14-5-6-15-12(8-14)4-7-16(15)20-21/h5-6,8-10,21H,4,7,11H2,1-3H3/b20-16+. The van der Waals surface area contributed by atoms with E-state index in [1.54, 1.807) is 23.1 Å². The van der Waals surface area contributed by atoms with Gasteiger partial charge in [0.15, 0.2) is 5.79 Å². The number of hydrogen-bond acceptors (Lipinski definition) is 6. The highest BCUT2D eigenvalue weighted by Gasteiger charge is 2.43. The van der Waals surface area contributed by atoms with Gasteiger partial charge in [0.25, 0.3) is 0 Å². The van der Waals surface area contributed by atoms with Crippen LogP contribution in [0.2, 0.25) is 0 Å². The van der Waals surface area contributed by atoms with Gasteiger partial charge in [-0.25, -0.2) is 0 Å². The lowest BCUT2D eigenvalue weighted by Crippen LogP contribution is -2.27. The van der Waals surface area contributed by atoms with E-state index in [1.807, 2.05) is 13.8 Å². The molecule has 1 aromatic carbocycles. The zero-order valence-electron chi connectivity index (χ0n) is 14.5. The lowest BCUT2D eigenvalue weighted by atomic mass is 10.0. The van der Waals surface area contributed by atoms with E-state index in [4.69, 9.17) is 14.7 Å². The first-order chi connectivity index (χ1) is 11.9. The van der Waals surface area contributed by atoms with Gasteiger partial charge >= 0.3 is 0 Å². The molecular weight excluding hydrogens is 354 g/mol. The predicted octanol–water partition coefficient (Wildman–Crippen LogP) is 5.02. The van der Waals surface area contributed by atoms with Crippen molar-refractivity contribution in [2.75, 3.05) is 6.61 Å². The van der Waals surface area contributed by atoms with Crippen LogP contribution in [0.1, 0.15) is 43.9 Å². The van der Waals surface area contributed by atoms with E-state index in [9.17, 15) is 0 Å². The first-order valence-electron chi connectivity index (χ1n) is 8.34. The minimum Gasteiger partial charge on any atom is -0.411 e. The summed E-state index contributed by atoms with van der Waals surface area (Å²) in [5.41, 5.74) is 3.91. The smallest absolute Gasteiger partial charge is 0.164 e. The Balaban J connectivity index is 1.53. The van der Waals surface area contributed by atoms with Crippen LogP contribution in [-0.4, -0.2) is 23.3 Å². The van der Waals surface area contributed by atoms with Crippen LogP contribution in [0.15, 0.2) is 43.9 Å².